The highest BCUT2D eigenvalue weighted by molar-refractivity contribution is 6.32. The summed E-state index contributed by atoms with van der Waals surface area (Å²) in [6.07, 6.45) is 3.57. The lowest BCUT2D eigenvalue weighted by atomic mass is 10.0. The molecule has 0 aliphatic heterocycles. The van der Waals surface area contributed by atoms with Gasteiger partial charge in [-0.05, 0) is 34.4 Å². The third-order valence-electron chi connectivity index (χ3n) is 5.28. The summed E-state index contributed by atoms with van der Waals surface area (Å²) in [5.41, 5.74) is 6.96. The van der Waals surface area contributed by atoms with Crippen LogP contribution < -0.4 is 0 Å². The number of fused-ring (bicyclic) bond motifs is 10. The van der Waals surface area contributed by atoms with E-state index in [1.165, 1.54) is 43.8 Å². The second kappa shape index (κ2) is 4.99. The Hall–Kier alpha value is -3.52. The van der Waals surface area contributed by atoms with Gasteiger partial charge in [0, 0.05) is 33.9 Å². The summed E-state index contributed by atoms with van der Waals surface area (Å²) >= 11 is 0. The molecule has 0 spiro atoms. The molecule has 0 saturated heterocycles. The first kappa shape index (κ1) is 13.7. The van der Waals surface area contributed by atoms with Gasteiger partial charge in [0.1, 0.15) is 0 Å². The van der Waals surface area contributed by atoms with E-state index < -0.39 is 0 Å². The standard InChI is InChI=1S/C24H14N2/c1-3-7-15-13-19-21(17(15)9-5-1)22-18-10-6-2-4-8-16(18)14-20(22)24-23(19)25-11-12-26-24/h1-14H. The summed E-state index contributed by atoms with van der Waals surface area (Å²) in [5, 5.41) is 4.92. The van der Waals surface area contributed by atoms with E-state index in [9.17, 15) is 0 Å². The predicted molar refractivity (Wildman–Crippen MR) is 108 cm³/mol. The average Bonchev–Trinajstić information content (AvgIpc) is 2.99. The van der Waals surface area contributed by atoms with Crippen LogP contribution in [0, 0.1) is 0 Å². The summed E-state index contributed by atoms with van der Waals surface area (Å²) in [7, 11) is 0. The second-order valence-electron chi connectivity index (χ2n) is 6.68. The van der Waals surface area contributed by atoms with Gasteiger partial charge in [-0.2, -0.15) is 0 Å². The molecule has 0 bridgehead atoms. The number of hydrogen-bond acceptors (Lipinski definition) is 2. The van der Waals surface area contributed by atoms with Crippen molar-refractivity contribution in [1.82, 2.24) is 9.97 Å². The Bertz CT molecular complexity index is 1280. The third kappa shape index (κ3) is 1.71. The molecule has 0 unspecified atom stereocenters. The van der Waals surface area contributed by atoms with Crippen LogP contribution in [0.25, 0.3) is 54.8 Å². The minimum atomic E-state index is 0.980. The minimum Gasteiger partial charge on any atom is -0.252 e. The van der Waals surface area contributed by atoms with Crippen LogP contribution in [-0.4, -0.2) is 9.97 Å². The van der Waals surface area contributed by atoms with Gasteiger partial charge in [-0.15, -0.1) is 0 Å². The van der Waals surface area contributed by atoms with Gasteiger partial charge in [0.25, 0.3) is 0 Å². The smallest absolute Gasteiger partial charge is 0.0972 e. The van der Waals surface area contributed by atoms with Gasteiger partial charge in [-0.3, -0.25) is 9.97 Å². The first-order valence-corrected chi connectivity index (χ1v) is 8.77. The Labute approximate surface area is 150 Å². The highest BCUT2D eigenvalue weighted by Crippen LogP contribution is 2.47. The lowest BCUT2D eigenvalue weighted by molar-refractivity contribution is 1.31. The van der Waals surface area contributed by atoms with Crippen molar-refractivity contribution < 1.29 is 0 Å². The zero-order valence-electron chi connectivity index (χ0n) is 14.0. The van der Waals surface area contributed by atoms with Crippen molar-refractivity contribution in [2.45, 2.75) is 0 Å². The van der Waals surface area contributed by atoms with Crippen molar-refractivity contribution >= 4 is 32.6 Å². The van der Waals surface area contributed by atoms with Crippen LogP contribution in [0.1, 0.15) is 0 Å². The molecule has 0 radical (unpaired) electrons. The Balaban J connectivity index is 2.01. The number of nitrogens with zero attached hydrogens (tertiary/aromatic N) is 2. The molecule has 0 atom stereocenters. The molecule has 1 aromatic heterocycles. The van der Waals surface area contributed by atoms with Gasteiger partial charge in [0.15, 0.2) is 0 Å². The van der Waals surface area contributed by atoms with Crippen LogP contribution in [0.5, 0.6) is 0 Å². The van der Waals surface area contributed by atoms with Gasteiger partial charge >= 0.3 is 0 Å². The zero-order valence-corrected chi connectivity index (χ0v) is 14.0. The normalized spacial score (nSPS) is 11.8. The van der Waals surface area contributed by atoms with Gasteiger partial charge in [0.05, 0.1) is 11.0 Å². The Morgan fingerprint density at radius 3 is 1.46 bits per heavy atom. The fraction of sp³-hybridized carbons (Fsp3) is 0. The molecule has 1 heterocycles. The monoisotopic (exact) mass is 330 g/mol. The van der Waals surface area contributed by atoms with Crippen molar-refractivity contribution in [2.75, 3.05) is 0 Å². The van der Waals surface area contributed by atoms with E-state index in [2.05, 4.69) is 72.8 Å². The Morgan fingerprint density at radius 2 is 0.962 bits per heavy atom. The highest BCUT2D eigenvalue weighted by Gasteiger charge is 2.21. The fourth-order valence-corrected chi connectivity index (χ4v) is 4.22. The van der Waals surface area contributed by atoms with E-state index in [0.29, 0.717) is 0 Å². The molecule has 6 rings (SSSR count). The van der Waals surface area contributed by atoms with Gasteiger partial charge in [-0.25, -0.2) is 0 Å². The highest BCUT2D eigenvalue weighted by atomic mass is 14.8. The molecule has 1 aromatic carbocycles. The van der Waals surface area contributed by atoms with Crippen molar-refractivity contribution in [3.8, 4) is 22.3 Å². The maximum absolute atomic E-state index is 4.69. The molecule has 4 aliphatic rings. The summed E-state index contributed by atoms with van der Waals surface area (Å²) in [6, 6.07) is 25.8. The van der Waals surface area contributed by atoms with E-state index in [1.54, 1.807) is 12.4 Å². The molecular weight excluding hydrogens is 316 g/mol. The number of benzene rings is 1. The second-order valence-corrected chi connectivity index (χ2v) is 6.68. The van der Waals surface area contributed by atoms with Crippen LogP contribution >= 0.6 is 0 Å². The average molecular weight is 330 g/mol. The zero-order chi connectivity index (χ0) is 17.1. The molecule has 0 fully saturated rings. The fourth-order valence-electron chi connectivity index (χ4n) is 4.22. The first-order chi connectivity index (χ1) is 12.9. The van der Waals surface area contributed by atoms with E-state index in [4.69, 9.17) is 9.97 Å². The molecule has 2 nitrogen and oxygen atoms in total. The Kier molecular flexibility index (Phi) is 2.64. The third-order valence-corrected chi connectivity index (χ3v) is 5.28. The molecule has 26 heavy (non-hydrogen) atoms. The number of aromatic nitrogens is 2. The molecule has 0 amide bonds. The van der Waals surface area contributed by atoms with Crippen LogP contribution in [0.3, 0.4) is 0 Å². The molecule has 2 aromatic rings. The van der Waals surface area contributed by atoms with Crippen molar-refractivity contribution in [3.63, 3.8) is 0 Å². The SMILES string of the molecule is c1ccc2cc3c4nccnc4c4cc5cccccc-5c4c3c-2cc1. The topological polar surface area (TPSA) is 25.8 Å². The molecule has 0 N–H and O–H groups in total. The summed E-state index contributed by atoms with van der Waals surface area (Å²) in [5.74, 6) is 0. The predicted octanol–water partition coefficient (Wildman–Crippen LogP) is 6.15. The lowest BCUT2D eigenvalue weighted by Gasteiger charge is -2.04. The number of hydrogen-bond donors (Lipinski definition) is 0. The van der Waals surface area contributed by atoms with E-state index in [0.717, 1.165) is 11.0 Å². The lowest BCUT2D eigenvalue weighted by Crippen LogP contribution is -1.84. The quantitative estimate of drug-likeness (QED) is 0.334. The molecule has 120 valence electrons. The molecule has 2 heteroatoms. The van der Waals surface area contributed by atoms with E-state index in [-0.39, 0.29) is 0 Å². The van der Waals surface area contributed by atoms with Crippen LogP contribution in [0.15, 0.2) is 85.2 Å². The van der Waals surface area contributed by atoms with Crippen molar-refractivity contribution in [1.29, 1.82) is 0 Å². The molecular formula is C24H14N2. The molecule has 4 aliphatic carbocycles. The van der Waals surface area contributed by atoms with Gasteiger partial charge in [0.2, 0.25) is 0 Å². The summed E-state index contributed by atoms with van der Waals surface area (Å²) in [4.78, 5) is 9.38. The van der Waals surface area contributed by atoms with Crippen LogP contribution in [0.4, 0.5) is 0 Å². The largest absolute Gasteiger partial charge is 0.252 e. The van der Waals surface area contributed by atoms with Crippen LogP contribution in [0.2, 0.25) is 0 Å². The van der Waals surface area contributed by atoms with Crippen molar-refractivity contribution in [2.24, 2.45) is 0 Å². The molecule has 0 saturated carbocycles. The summed E-state index contributed by atoms with van der Waals surface area (Å²) < 4.78 is 0. The van der Waals surface area contributed by atoms with Crippen LogP contribution in [-0.2, 0) is 0 Å². The summed E-state index contributed by atoms with van der Waals surface area (Å²) in [6.45, 7) is 0. The maximum atomic E-state index is 4.69. The number of rotatable bonds is 0. The first-order valence-electron chi connectivity index (χ1n) is 8.77. The van der Waals surface area contributed by atoms with Gasteiger partial charge in [-0.1, -0.05) is 60.7 Å². The minimum absolute atomic E-state index is 0.980. The maximum Gasteiger partial charge on any atom is 0.0972 e. The van der Waals surface area contributed by atoms with E-state index in [1.807, 2.05) is 0 Å². The van der Waals surface area contributed by atoms with Gasteiger partial charge < -0.3 is 0 Å². The van der Waals surface area contributed by atoms with E-state index >= 15 is 0 Å². The Morgan fingerprint density at radius 1 is 0.500 bits per heavy atom. The van der Waals surface area contributed by atoms with Crippen molar-refractivity contribution in [3.05, 3.63) is 85.2 Å².